The Hall–Kier alpha value is -2.73. The highest BCUT2D eigenvalue weighted by Gasteiger charge is 2.57. The number of carbonyl (C=O) groups is 3. The quantitative estimate of drug-likeness (QED) is 0.0951. The van der Waals surface area contributed by atoms with Crippen LogP contribution in [0.5, 0.6) is 0 Å². The van der Waals surface area contributed by atoms with Crippen LogP contribution in [0.2, 0.25) is 0 Å². The third-order valence-electron chi connectivity index (χ3n) is 8.64. The molecule has 3 amide bonds. The number of ether oxygens (including phenoxy) is 4. The lowest BCUT2D eigenvalue weighted by atomic mass is 10.1. The molecule has 0 spiro atoms. The summed E-state index contributed by atoms with van der Waals surface area (Å²) in [7, 11) is 0. The largest absolute Gasteiger partial charge is 0.481 e. The number of unbranched alkanes of at least 4 members (excludes halogenated alkanes) is 11. The number of benzene rings is 1. The van der Waals surface area contributed by atoms with Gasteiger partial charge >= 0.3 is 12.0 Å². The van der Waals surface area contributed by atoms with Crippen molar-refractivity contribution in [2.45, 2.75) is 160 Å². The summed E-state index contributed by atoms with van der Waals surface area (Å²) in [6, 6.07) is 6.37. The summed E-state index contributed by atoms with van der Waals surface area (Å²) in [6.45, 7) is 9.00. The molecule has 2 aliphatic heterocycles. The average molecular weight is 662 g/mol. The van der Waals surface area contributed by atoms with Crippen LogP contribution in [0.4, 0.5) is 10.5 Å². The Bertz CT molecular complexity index is 1080. The standard InChI is InChI=1S/C36H59N3O8/c1-5-6-7-8-9-10-11-12-13-17-24-44-34-33-32(46-36(3,4)47-33)31(45-34)26(2)38-35(43)39-28-21-19-27(20-22-28)25-29(40)37-23-16-14-15-18-30(41)42/h19-22,26,31-34H,5-18,23-25H2,1-4H3,(H,37,40)(H,41,42)(H2,38,39,43)/t26-,31+,32-,33-,34-/m0/s1. The Morgan fingerprint density at radius 2 is 1.49 bits per heavy atom. The van der Waals surface area contributed by atoms with Gasteiger partial charge in [0.1, 0.15) is 18.3 Å². The van der Waals surface area contributed by atoms with E-state index in [-0.39, 0.29) is 43.0 Å². The number of carbonyl (C=O) groups excluding carboxylic acids is 2. The molecular formula is C36H59N3O8. The smallest absolute Gasteiger partial charge is 0.319 e. The van der Waals surface area contributed by atoms with E-state index in [9.17, 15) is 14.4 Å². The molecule has 1 aromatic carbocycles. The highest BCUT2D eigenvalue weighted by atomic mass is 16.8. The highest BCUT2D eigenvalue weighted by Crippen LogP contribution is 2.40. The fourth-order valence-electron chi connectivity index (χ4n) is 6.13. The molecule has 0 aromatic heterocycles. The predicted octanol–water partition coefficient (Wildman–Crippen LogP) is 6.68. The van der Waals surface area contributed by atoms with E-state index in [1.54, 1.807) is 24.3 Å². The minimum atomic E-state index is -0.800. The monoisotopic (exact) mass is 661 g/mol. The maximum atomic E-state index is 12.9. The maximum absolute atomic E-state index is 12.9. The lowest BCUT2D eigenvalue weighted by molar-refractivity contribution is -0.235. The second-order valence-corrected chi connectivity index (χ2v) is 13.4. The molecule has 3 rings (SSSR count). The van der Waals surface area contributed by atoms with E-state index >= 15 is 0 Å². The third kappa shape index (κ3) is 14.5. The van der Waals surface area contributed by atoms with Crippen LogP contribution in [-0.4, -0.2) is 72.6 Å². The van der Waals surface area contributed by atoms with Crippen molar-refractivity contribution < 1.29 is 38.4 Å². The number of nitrogens with one attached hydrogen (secondary N) is 3. The van der Waals surface area contributed by atoms with E-state index in [1.165, 1.54) is 51.4 Å². The number of amides is 3. The van der Waals surface area contributed by atoms with Crippen molar-refractivity contribution in [3.8, 4) is 0 Å². The molecule has 47 heavy (non-hydrogen) atoms. The van der Waals surface area contributed by atoms with E-state index in [0.717, 1.165) is 31.2 Å². The molecule has 0 saturated carbocycles. The molecule has 2 fully saturated rings. The number of aliphatic carboxylic acids is 1. The topological polar surface area (TPSA) is 144 Å². The Labute approximate surface area is 281 Å². The Morgan fingerprint density at radius 1 is 0.872 bits per heavy atom. The van der Waals surface area contributed by atoms with Crippen LogP contribution in [0.1, 0.15) is 123 Å². The minimum Gasteiger partial charge on any atom is -0.481 e. The number of rotatable bonds is 23. The molecule has 4 N–H and O–H groups in total. The Balaban J connectivity index is 1.36. The van der Waals surface area contributed by atoms with Crippen LogP contribution in [0.25, 0.3) is 0 Å². The van der Waals surface area contributed by atoms with E-state index < -0.39 is 24.2 Å². The molecule has 11 heteroatoms. The van der Waals surface area contributed by atoms with Crippen molar-refractivity contribution in [2.24, 2.45) is 0 Å². The van der Waals surface area contributed by atoms with Gasteiger partial charge in [0, 0.05) is 25.3 Å². The number of anilines is 1. The number of urea groups is 1. The summed E-state index contributed by atoms with van der Waals surface area (Å²) >= 11 is 0. The Morgan fingerprint density at radius 3 is 2.15 bits per heavy atom. The molecular weight excluding hydrogens is 602 g/mol. The summed E-state index contributed by atoms with van der Waals surface area (Å²) in [5.74, 6) is -1.66. The maximum Gasteiger partial charge on any atom is 0.319 e. The highest BCUT2D eigenvalue weighted by molar-refractivity contribution is 5.89. The molecule has 1 aromatic rings. The van der Waals surface area contributed by atoms with Crippen LogP contribution in [0.3, 0.4) is 0 Å². The van der Waals surface area contributed by atoms with Crippen molar-refractivity contribution in [1.82, 2.24) is 10.6 Å². The number of fused-ring (bicyclic) bond motifs is 1. The summed E-state index contributed by atoms with van der Waals surface area (Å²) < 4.78 is 24.7. The van der Waals surface area contributed by atoms with Gasteiger partial charge in [-0.2, -0.15) is 0 Å². The molecule has 2 heterocycles. The fraction of sp³-hybridized carbons (Fsp3) is 0.750. The molecule has 11 nitrogen and oxygen atoms in total. The van der Waals surface area contributed by atoms with Crippen molar-refractivity contribution in [1.29, 1.82) is 0 Å². The Kier molecular flexibility index (Phi) is 17.0. The summed E-state index contributed by atoms with van der Waals surface area (Å²) in [5, 5.41) is 17.4. The first-order chi connectivity index (χ1) is 22.6. The average Bonchev–Trinajstić information content (AvgIpc) is 3.51. The van der Waals surface area contributed by atoms with Gasteiger partial charge in [0.2, 0.25) is 5.91 Å². The molecule has 2 saturated heterocycles. The SMILES string of the molecule is CCCCCCCCCCCCO[C@H]1O[C@H]([C@H](C)NC(=O)Nc2ccc(CC(=O)NCCCCCC(=O)O)cc2)[C@@H]2OC(C)(C)O[C@H]12. The van der Waals surface area contributed by atoms with Crippen LogP contribution in [0, 0.1) is 0 Å². The molecule has 2 aliphatic rings. The minimum absolute atomic E-state index is 0.0996. The van der Waals surface area contributed by atoms with E-state index in [2.05, 4.69) is 22.9 Å². The van der Waals surface area contributed by atoms with Crippen molar-refractivity contribution in [3.05, 3.63) is 29.8 Å². The van der Waals surface area contributed by atoms with E-state index in [0.29, 0.717) is 25.3 Å². The van der Waals surface area contributed by atoms with Crippen molar-refractivity contribution >= 4 is 23.6 Å². The fourth-order valence-corrected chi connectivity index (χ4v) is 6.13. The number of hydrogen-bond donors (Lipinski definition) is 4. The zero-order chi connectivity index (χ0) is 34.1. The van der Waals surface area contributed by atoms with Gasteiger partial charge in [-0.1, -0.05) is 83.3 Å². The van der Waals surface area contributed by atoms with Gasteiger partial charge in [-0.15, -0.1) is 0 Å². The first-order valence-electron chi connectivity index (χ1n) is 17.9. The first-order valence-corrected chi connectivity index (χ1v) is 17.9. The van der Waals surface area contributed by atoms with E-state index in [1.807, 2.05) is 20.8 Å². The summed E-state index contributed by atoms with van der Waals surface area (Å²) in [5.41, 5.74) is 1.42. The van der Waals surface area contributed by atoms with Gasteiger partial charge in [-0.25, -0.2) is 4.79 Å². The van der Waals surface area contributed by atoms with Crippen LogP contribution in [-0.2, 0) is 35.0 Å². The van der Waals surface area contributed by atoms with Crippen LogP contribution >= 0.6 is 0 Å². The van der Waals surface area contributed by atoms with E-state index in [4.69, 9.17) is 24.1 Å². The zero-order valence-corrected chi connectivity index (χ0v) is 29.0. The predicted molar refractivity (Wildman–Crippen MR) is 181 cm³/mol. The number of carboxylic acid groups (broad SMARTS) is 1. The van der Waals surface area contributed by atoms with Gasteiger partial charge in [0.15, 0.2) is 12.1 Å². The number of hydrogen-bond acceptors (Lipinski definition) is 7. The first kappa shape index (κ1) is 38.7. The van der Waals surface area contributed by atoms with Crippen molar-refractivity contribution in [2.75, 3.05) is 18.5 Å². The van der Waals surface area contributed by atoms with Gasteiger partial charge in [0.25, 0.3) is 0 Å². The van der Waals surface area contributed by atoms with Gasteiger partial charge < -0.3 is 40.0 Å². The molecule has 266 valence electrons. The van der Waals surface area contributed by atoms with Crippen LogP contribution < -0.4 is 16.0 Å². The summed E-state index contributed by atoms with van der Waals surface area (Å²) in [4.78, 5) is 35.7. The zero-order valence-electron chi connectivity index (χ0n) is 29.0. The lowest BCUT2D eigenvalue weighted by Gasteiger charge is -2.27. The van der Waals surface area contributed by atoms with Crippen molar-refractivity contribution in [3.63, 3.8) is 0 Å². The third-order valence-corrected chi connectivity index (χ3v) is 8.64. The summed E-state index contributed by atoms with van der Waals surface area (Å²) in [6.07, 6.45) is 13.3. The normalized spacial score (nSPS) is 22.0. The molecule has 0 radical (unpaired) electrons. The molecule has 0 aliphatic carbocycles. The lowest BCUT2D eigenvalue weighted by Crippen LogP contribution is -2.48. The molecule has 5 atom stereocenters. The van der Waals surface area contributed by atoms with Gasteiger partial charge in [0.05, 0.1) is 12.5 Å². The molecule has 0 bridgehead atoms. The number of carboxylic acids is 1. The molecule has 0 unspecified atom stereocenters. The second kappa shape index (κ2) is 20.6. The second-order valence-electron chi connectivity index (χ2n) is 13.4. The van der Waals surface area contributed by atoms with Crippen LogP contribution in [0.15, 0.2) is 24.3 Å². The van der Waals surface area contributed by atoms with Gasteiger partial charge in [-0.05, 0) is 57.7 Å². The van der Waals surface area contributed by atoms with Gasteiger partial charge in [-0.3, -0.25) is 9.59 Å².